The van der Waals surface area contributed by atoms with Gasteiger partial charge in [-0.3, -0.25) is 6.08 Å². The average molecular weight is 771 g/mol. The van der Waals surface area contributed by atoms with Gasteiger partial charge in [-0.25, -0.2) is 10.8 Å². The molecule has 5 aromatic carbocycles. The number of fused-ring (bicyclic) bond motifs is 3. The maximum atomic E-state index is 3.43. The van der Waals surface area contributed by atoms with Crippen LogP contribution in [0.25, 0.3) is 21.5 Å². The Bertz CT molecular complexity index is 1750. The summed E-state index contributed by atoms with van der Waals surface area (Å²) in [5.74, 6) is 0.553. The average Bonchev–Trinajstić information content (AvgIpc) is 3.55. The van der Waals surface area contributed by atoms with Crippen LogP contribution in [-0.2, 0) is 35.1 Å². The first-order chi connectivity index (χ1) is 21.4. The Morgan fingerprint density at radius 3 is 1.35 bits per heavy atom. The summed E-state index contributed by atoms with van der Waals surface area (Å²) in [7, 11) is -1.07. The van der Waals surface area contributed by atoms with E-state index in [1.807, 2.05) is 0 Å². The van der Waals surface area contributed by atoms with Crippen molar-refractivity contribution in [3.63, 3.8) is 0 Å². The second kappa shape index (κ2) is 17.1. The van der Waals surface area contributed by atoms with Crippen LogP contribution in [0.3, 0.4) is 0 Å². The summed E-state index contributed by atoms with van der Waals surface area (Å²) < 4.78 is 1.42. The van der Waals surface area contributed by atoms with Gasteiger partial charge >= 0.3 is 99.2 Å². The second-order valence-corrected chi connectivity index (χ2v) is 22.0. The predicted molar refractivity (Wildman–Crippen MR) is 204 cm³/mol. The van der Waals surface area contributed by atoms with E-state index in [1.165, 1.54) is 76.8 Å². The van der Waals surface area contributed by atoms with Crippen molar-refractivity contribution in [2.75, 3.05) is 0 Å². The molecule has 0 aromatic heterocycles. The van der Waals surface area contributed by atoms with Gasteiger partial charge in [-0.15, -0.1) is 39.7 Å². The molecule has 0 radical (unpaired) electrons. The molecule has 1 unspecified atom stereocenters. The summed E-state index contributed by atoms with van der Waals surface area (Å²) in [4.78, 5) is 0. The summed E-state index contributed by atoms with van der Waals surface area (Å²) in [6.07, 6.45) is 5.81. The number of halogens is 2. The van der Waals surface area contributed by atoms with Crippen LogP contribution in [0.5, 0.6) is 0 Å². The molecule has 4 heteroatoms. The van der Waals surface area contributed by atoms with E-state index < -0.39 is 8.07 Å². The molecular weight excluding hydrogens is 719 g/mol. The van der Waals surface area contributed by atoms with Crippen molar-refractivity contribution < 1.29 is 49.0 Å². The SMILES string of the molecule is CC(C)(C)c1ccc2[cH-]c3ccc(C(C)(C)C)cc3c2c1.CC1=[C-]C(C)C=C1[Si](C)(C)C.[Cl-].[Cl-].[Zr+2]=[C](c1ccccc1)c1ccccc1. The van der Waals surface area contributed by atoms with Crippen LogP contribution in [-0.4, -0.2) is 11.3 Å². The molecule has 0 nitrogen and oxygen atoms in total. The Labute approximate surface area is 319 Å². The minimum absolute atomic E-state index is 0. The van der Waals surface area contributed by atoms with Gasteiger partial charge in [-0.2, -0.15) is 6.08 Å². The quantitative estimate of drug-likeness (QED) is 0.149. The Hall–Kier alpha value is -2.22. The van der Waals surface area contributed by atoms with E-state index in [-0.39, 0.29) is 35.6 Å². The van der Waals surface area contributed by atoms with E-state index in [4.69, 9.17) is 0 Å². The van der Waals surface area contributed by atoms with Crippen LogP contribution in [0.2, 0.25) is 19.6 Å². The maximum absolute atomic E-state index is 3.43. The summed E-state index contributed by atoms with van der Waals surface area (Å²) in [6, 6.07) is 37.3. The van der Waals surface area contributed by atoms with Crippen molar-refractivity contribution in [1.82, 2.24) is 0 Å². The molecule has 0 fully saturated rings. The van der Waals surface area contributed by atoms with E-state index in [0.29, 0.717) is 5.92 Å². The molecule has 5 aromatic rings. The molecule has 1 aliphatic rings. The first-order valence-corrected chi connectivity index (χ1v) is 21.3. The van der Waals surface area contributed by atoms with E-state index in [1.54, 1.807) is 5.20 Å². The van der Waals surface area contributed by atoms with Crippen LogP contribution in [0.4, 0.5) is 0 Å². The molecule has 0 bridgehead atoms. The van der Waals surface area contributed by atoms with Crippen LogP contribution in [0.15, 0.2) is 120 Å². The first kappa shape index (κ1) is 41.9. The number of benzene rings is 4. The summed E-state index contributed by atoms with van der Waals surface area (Å²) in [5.41, 5.74) is 7.26. The zero-order valence-corrected chi connectivity index (χ0v) is 35.7. The molecule has 1 atom stereocenters. The third-order valence-electron chi connectivity index (χ3n) is 8.64. The summed E-state index contributed by atoms with van der Waals surface area (Å²) in [5, 5.41) is 7.09. The van der Waals surface area contributed by atoms with Gasteiger partial charge in [0.15, 0.2) is 0 Å². The van der Waals surface area contributed by atoms with Crippen molar-refractivity contribution in [1.29, 1.82) is 0 Å². The molecule has 0 aliphatic heterocycles. The minimum atomic E-state index is -1.07. The topological polar surface area (TPSA) is 0 Å². The van der Waals surface area contributed by atoms with E-state index in [2.05, 4.69) is 190 Å². The fourth-order valence-corrected chi connectivity index (χ4v) is 8.72. The molecule has 48 heavy (non-hydrogen) atoms. The van der Waals surface area contributed by atoms with Crippen molar-refractivity contribution >= 4 is 32.8 Å². The predicted octanol–water partition coefficient (Wildman–Crippen LogP) is 6.31. The second-order valence-electron chi connectivity index (χ2n) is 15.7. The number of hydrogen-bond acceptors (Lipinski definition) is 0. The van der Waals surface area contributed by atoms with Gasteiger partial charge in [-0.1, -0.05) is 116 Å². The zero-order chi connectivity index (χ0) is 33.9. The molecule has 252 valence electrons. The number of hydrogen-bond donors (Lipinski definition) is 0. The van der Waals surface area contributed by atoms with Crippen LogP contribution in [0.1, 0.15) is 77.6 Å². The van der Waals surface area contributed by atoms with Crippen molar-refractivity contribution in [3.05, 3.63) is 148 Å². The fraction of sp³-hybridized carbons (Fsp3) is 0.318. The van der Waals surface area contributed by atoms with Gasteiger partial charge in [0.2, 0.25) is 0 Å². The molecule has 0 saturated carbocycles. The third-order valence-corrected chi connectivity index (χ3v) is 12.2. The van der Waals surface area contributed by atoms with Gasteiger partial charge in [0, 0.05) is 0 Å². The summed E-state index contributed by atoms with van der Waals surface area (Å²) >= 11 is 1.46. The van der Waals surface area contributed by atoms with Gasteiger partial charge in [0.25, 0.3) is 0 Å². The standard InChI is InChI=1S/C21H25.C13H10.C10H17Si.2ClH.Zr/c1-20(2,3)16-9-7-14-11-15-8-10-17(21(4,5)6)13-19(15)18(14)12-16;1-3-7-12(8-4-1)11-13-9-5-2-6-10-13;1-8-6-9(2)10(7-8)11(3,4)5;;;/h7-13H,1-6H3;1-10H;7-8H,1-5H3;2*1H;/q-1;;-1;;;+2/p-2. The fourth-order valence-electron chi connectivity index (χ4n) is 5.96. The Morgan fingerprint density at radius 2 is 1.06 bits per heavy atom. The molecule has 0 heterocycles. The van der Waals surface area contributed by atoms with E-state index in [9.17, 15) is 0 Å². The van der Waals surface area contributed by atoms with Crippen LogP contribution in [0, 0.1) is 12.0 Å². The van der Waals surface area contributed by atoms with Crippen LogP contribution < -0.4 is 24.8 Å². The van der Waals surface area contributed by atoms with Gasteiger partial charge in [0.1, 0.15) is 0 Å². The van der Waals surface area contributed by atoms with E-state index >= 15 is 0 Å². The zero-order valence-electron chi connectivity index (χ0n) is 30.7. The third kappa shape index (κ3) is 10.9. The monoisotopic (exact) mass is 768 g/mol. The molecule has 0 N–H and O–H groups in total. The molecule has 0 saturated heterocycles. The molecule has 6 rings (SSSR count). The van der Waals surface area contributed by atoms with Gasteiger partial charge in [-0.05, 0) is 18.9 Å². The summed E-state index contributed by atoms with van der Waals surface area (Å²) in [6.45, 7) is 25.2. The first-order valence-electron chi connectivity index (χ1n) is 16.6. The molecular formula is C44H52Cl2SiZr-2. The van der Waals surface area contributed by atoms with Crippen molar-refractivity contribution in [3.8, 4) is 0 Å². The normalized spacial score (nSPS) is 14.4. The Morgan fingerprint density at radius 1 is 0.667 bits per heavy atom. The van der Waals surface area contributed by atoms with Gasteiger partial charge in [0.05, 0.1) is 0 Å². The molecule has 1 aliphatic carbocycles. The Balaban J connectivity index is 0.000000260. The number of rotatable bonds is 3. The molecule has 0 spiro atoms. The van der Waals surface area contributed by atoms with Crippen molar-refractivity contribution in [2.24, 2.45) is 5.92 Å². The van der Waals surface area contributed by atoms with E-state index in [0.717, 1.165) is 0 Å². The van der Waals surface area contributed by atoms with Crippen LogP contribution >= 0.6 is 0 Å². The van der Waals surface area contributed by atoms with Gasteiger partial charge < -0.3 is 24.8 Å². The molecule has 0 amide bonds. The Kier molecular flexibility index (Phi) is 15.0. The number of allylic oxidation sites excluding steroid dienone is 4. The van der Waals surface area contributed by atoms with Crippen molar-refractivity contribution in [2.45, 2.75) is 85.9 Å².